The zero-order valence-corrected chi connectivity index (χ0v) is 8.80. The lowest BCUT2D eigenvalue weighted by Gasteiger charge is -1.93. The second-order valence-corrected chi connectivity index (χ2v) is 2.78. The molecular formula is C10H20O5. The first-order valence-electron chi connectivity index (χ1n) is 4.91. The van der Waals surface area contributed by atoms with E-state index in [1.165, 1.54) is 0 Å². The zero-order chi connectivity index (χ0) is 11.9. The van der Waals surface area contributed by atoms with Gasteiger partial charge in [-0.1, -0.05) is 18.9 Å². The fourth-order valence-electron chi connectivity index (χ4n) is 0.731. The van der Waals surface area contributed by atoms with Crippen LogP contribution in [0.5, 0.6) is 0 Å². The molecule has 0 aliphatic heterocycles. The Bertz CT molecular complexity index is 150. The third-order valence-corrected chi connectivity index (χ3v) is 1.43. The first kappa shape index (κ1) is 16.5. The highest BCUT2D eigenvalue weighted by molar-refractivity contribution is 5.79. The molecule has 0 rings (SSSR count). The molecule has 0 heterocycles. The molecule has 0 aromatic carbocycles. The number of carboxylic acid groups (broad SMARTS) is 1. The van der Waals surface area contributed by atoms with E-state index >= 15 is 0 Å². The maximum atomic E-state index is 9.56. The summed E-state index contributed by atoms with van der Waals surface area (Å²) in [6.07, 6.45) is 5.87. The van der Waals surface area contributed by atoms with Gasteiger partial charge in [-0.05, 0) is 12.8 Å². The monoisotopic (exact) mass is 220 g/mol. The molecule has 0 amide bonds. The van der Waals surface area contributed by atoms with Crippen LogP contribution in [-0.2, 0) is 4.79 Å². The second kappa shape index (κ2) is 15.6. The number of unbranched alkanes of at least 4 members (excludes halogenated alkanes) is 3. The van der Waals surface area contributed by atoms with Crippen LogP contribution in [0.3, 0.4) is 0 Å². The topological polar surface area (TPSA) is 98.0 Å². The van der Waals surface area contributed by atoms with Gasteiger partial charge in [-0.2, -0.15) is 0 Å². The minimum atomic E-state index is -1.03. The third-order valence-electron chi connectivity index (χ3n) is 1.43. The molecule has 0 fully saturated rings. The molecule has 15 heavy (non-hydrogen) atoms. The van der Waals surface area contributed by atoms with E-state index in [9.17, 15) is 4.79 Å². The second-order valence-electron chi connectivity index (χ2n) is 2.78. The normalized spacial score (nSPS) is 9.80. The van der Waals surface area contributed by atoms with Crippen molar-refractivity contribution in [1.29, 1.82) is 0 Å². The van der Waals surface area contributed by atoms with Gasteiger partial charge in [-0.3, -0.25) is 0 Å². The SMILES string of the molecule is O=C(O)C=CCO.OCCCCCCO. The number of aliphatic carboxylic acids is 1. The molecule has 0 saturated carbocycles. The maximum absolute atomic E-state index is 9.56. The predicted molar refractivity (Wildman–Crippen MR) is 56.5 cm³/mol. The summed E-state index contributed by atoms with van der Waals surface area (Å²) in [5.41, 5.74) is 0. The van der Waals surface area contributed by atoms with E-state index in [0.29, 0.717) is 0 Å². The molecule has 0 spiro atoms. The van der Waals surface area contributed by atoms with Crippen LogP contribution in [0.25, 0.3) is 0 Å². The summed E-state index contributed by atoms with van der Waals surface area (Å²) >= 11 is 0. The molecule has 0 saturated heterocycles. The van der Waals surface area contributed by atoms with Gasteiger partial charge in [0.05, 0.1) is 6.61 Å². The van der Waals surface area contributed by atoms with Gasteiger partial charge in [0.15, 0.2) is 0 Å². The van der Waals surface area contributed by atoms with Gasteiger partial charge in [-0.15, -0.1) is 0 Å². The highest BCUT2D eigenvalue weighted by atomic mass is 16.4. The number of carbonyl (C=O) groups is 1. The predicted octanol–water partition coefficient (Wildman–Crippen LogP) is 0.151. The van der Waals surface area contributed by atoms with Crippen molar-refractivity contribution in [3.05, 3.63) is 12.2 Å². The summed E-state index contributed by atoms with van der Waals surface area (Å²) in [5, 5.41) is 32.4. The van der Waals surface area contributed by atoms with E-state index < -0.39 is 5.97 Å². The van der Waals surface area contributed by atoms with Crippen LogP contribution in [0.15, 0.2) is 12.2 Å². The molecule has 0 aromatic rings. The van der Waals surface area contributed by atoms with Gasteiger partial charge in [0.2, 0.25) is 0 Å². The average molecular weight is 220 g/mol. The highest BCUT2D eigenvalue weighted by Crippen LogP contribution is 1.96. The van der Waals surface area contributed by atoms with Gasteiger partial charge in [0.25, 0.3) is 0 Å². The van der Waals surface area contributed by atoms with Gasteiger partial charge in [-0.25, -0.2) is 4.79 Å². The minimum Gasteiger partial charge on any atom is -0.478 e. The van der Waals surface area contributed by atoms with Crippen LogP contribution >= 0.6 is 0 Å². The van der Waals surface area contributed by atoms with Crippen LogP contribution in [0.2, 0.25) is 0 Å². The largest absolute Gasteiger partial charge is 0.478 e. The van der Waals surface area contributed by atoms with Gasteiger partial charge >= 0.3 is 5.97 Å². The van der Waals surface area contributed by atoms with Gasteiger partial charge in [0.1, 0.15) is 0 Å². The smallest absolute Gasteiger partial charge is 0.328 e. The quantitative estimate of drug-likeness (QED) is 0.361. The number of aliphatic hydroxyl groups is 3. The van der Waals surface area contributed by atoms with Crippen LogP contribution < -0.4 is 0 Å². The van der Waals surface area contributed by atoms with E-state index in [0.717, 1.165) is 37.8 Å². The van der Waals surface area contributed by atoms with Gasteiger partial charge < -0.3 is 20.4 Å². The number of hydrogen-bond donors (Lipinski definition) is 4. The van der Waals surface area contributed by atoms with E-state index in [1.54, 1.807) is 0 Å². The number of aliphatic hydroxyl groups excluding tert-OH is 3. The molecule has 0 aliphatic carbocycles. The average Bonchev–Trinajstić information content (AvgIpc) is 2.22. The molecule has 0 aliphatic rings. The lowest BCUT2D eigenvalue weighted by Crippen LogP contribution is -1.86. The summed E-state index contributed by atoms with van der Waals surface area (Å²) in [5.74, 6) is -1.03. The molecule has 0 atom stereocenters. The van der Waals surface area contributed by atoms with E-state index in [-0.39, 0.29) is 19.8 Å². The van der Waals surface area contributed by atoms with Crippen molar-refractivity contribution in [2.75, 3.05) is 19.8 Å². The summed E-state index contributed by atoms with van der Waals surface area (Å²) in [7, 11) is 0. The third kappa shape index (κ3) is 24.6. The van der Waals surface area contributed by atoms with E-state index in [2.05, 4.69) is 0 Å². The zero-order valence-electron chi connectivity index (χ0n) is 8.80. The van der Waals surface area contributed by atoms with Crippen molar-refractivity contribution in [3.63, 3.8) is 0 Å². The molecule has 0 unspecified atom stereocenters. The number of hydrogen-bond acceptors (Lipinski definition) is 4. The van der Waals surface area contributed by atoms with Crippen molar-refractivity contribution in [1.82, 2.24) is 0 Å². The van der Waals surface area contributed by atoms with Crippen LogP contribution in [0.1, 0.15) is 25.7 Å². The van der Waals surface area contributed by atoms with Crippen molar-refractivity contribution < 1.29 is 25.2 Å². The maximum Gasteiger partial charge on any atom is 0.328 e. The van der Waals surface area contributed by atoms with Crippen LogP contribution in [-0.4, -0.2) is 46.2 Å². The Labute approximate surface area is 89.7 Å². The Morgan fingerprint density at radius 1 is 0.933 bits per heavy atom. The lowest BCUT2D eigenvalue weighted by molar-refractivity contribution is -0.131. The Kier molecular flexibility index (Phi) is 17.1. The molecule has 0 aromatic heterocycles. The number of rotatable bonds is 7. The van der Waals surface area contributed by atoms with Gasteiger partial charge in [0, 0.05) is 19.3 Å². The standard InChI is InChI=1S/C6H14O2.C4H6O3/c7-5-3-1-2-4-6-8;5-3-1-2-4(6)7/h7-8H,1-6H2;1-2,5H,3H2,(H,6,7). The Morgan fingerprint density at radius 3 is 1.60 bits per heavy atom. The Morgan fingerprint density at radius 2 is 1.40 bits per heavy atom. The molecule has 4 N–H and O–H groups in total. The summed E-state index contributed by atoms with van der Waals surface area (Å²) in [6.45, 7) is 0.350. The summed E-state index contributed by atoms with van der Waals surface area (Å²) < 4.78 is 0. The fourth-order valence-corrected chi connectivity index (χ4v) is 0.731. The molecule has 5 nitrogen and oxygen atoms in total. The first-order valence-corrected chi connectivity index (χ1v) is 4.91. The van der Waals surface area contributed by atoms with E-state index in [4.69, 9.17) is 20.4 Å². The molecule has 0 bridgehead atoms. The summed E-state index contributed by atoms with van der Waals surface area (Å²) in [4.78, 5) is 9.56. The Balaban J connectivity index is 0. The van der Waals surface area contributed by atoms with Crippen molar-refractivity contribution in [2.24, 2.45) is 0 Å². The molecule has 90 valence electrons. The van der Waals surface area contributed by atoms with E-state index in [1.807, 2.05) is 0 Å². The highest BCUT2D eigenvalue weighted by Gasteiger charge is 1.84. The molecular weight excluding hydrogens is 200 g/mol. The summed E-state index contributed by atoms with van der Waals surface area (Å²) in [6, 6.07) is 0. The molecule has 5 heteroatoms. The van der Waals surface area contributed by atoms with Crippen molar-refractivity contribution >= 4 is 5.97 Å². The Hall–Kier alpha value is -0.910. The van der Waals surface area contributed by atoms with Crippen molar-refractivity contribution in [3.8, 4) is 0 Å². The first-order chi connectivity index (χ1) is 7.18. The van der Waals surface area contributed by atoms with Crippen molar-refractivity contribution in [2.45, 2.75) is 25.7 Å². The molecule has 0 radical (unpaired) electrons. The van der Waals surface area contributed by atoms with Crippen LogP contribution in [0.4, 0.5) is 0 Å². The minimum absolute atomic E-state index is 0.216. The lowest BCUT2D eigenvalue weighted by atomic mass is 10.2. The number of carboxylic acids is 1. The fraction of sp³-hybridized carbons (Fsp3) is 0.700. The van der Waals surface area contributed by atoms with Crippen LogP contribution in [0, 0.1) is 0 Å².